The van der Waals surface area contributed by atoms with Crippen molar-refractivity contribution in [2.75, 3.05) is 6.61 Å². The monoisotopic (exact) mass is 233 g/mol. The summed E-state index contributed by atoms with van der Waals surface area (Å²) >= 11 is 0. The second-order valence-corrected chi connectivity index (χ2v) is 4.32. The van der Waals surface area contributed by atoms with Gasteiger partial charge in [-0.15, -0.1) is 0 Å². The van der Waals surface area contributed by atoms with Gasteiger partial charge in [-0.25, -0.2) is 4.98 Å². The number of aromatic nitrogens is 2. The van der Waals surface area contributed by atoms with Crippen molar-refractivity contribution in [1.29, 1.82) is 0 Å². The van der Waals surface area contributed by atoms with E-state index in [0.717, 1.165) is 35.6 Å². The van der Waals surface area contributed by atoms with Crippen molar-refractivity contribution in [3.63, 3.8) is 0 Å². The summed E-state index contributed by atoms with van der Waals surface area (Å²) in [4.78, 5) is 4.54. The Balaban J connectivity index is 2.41. The molecule has 0 spiro atoms. The van der Waals surface area contributed by atoms with Gasteiger partial charge in [-0.3, -0.25) is 0 Å². The highest BCUT2D eigenvalue weighted by Gasteiger charge is 2.11. The number of hydrogen-bond acceptors (Lipinski definition) is 3. The van der Waals surface area contributed by atoms with Gasteiger partial charge in [-0.05, 0) is 25.5 Å². The molecule has 2 N–H and O–H groups in total. The summed E-state index contributed by atoms with van der Waals surface area (Å²) in [7, 11) is 1.99. The molecule has 1 aromatic heterocycles. The minimum Gasteiger partial charge on any atom is -0.494 e. The van der Waals surface area contributed by atoms with Gasteiger partial charge in [-0.2, -0.15) is 0 Å². The van der Waals surface area contributed by atoms with Crippen LogP contribution in [0.2, 0.25) is 0 Å². The second kappa shape index (κ2) is 4.75. The molecule has 2 rings (SSSR count). The van der Waals surface area contributed by atoms with Gasteiger partial charge in [0.05, 0.1) is 23.7 Å². The first-order valence-electron chi connectivity index (χ1n) is 5.98. The zero-order chi connectivity index (χ0) is 12.4. The average Bonchev–Trinajstić information content (AvgIpc) is 2.64. The molecule has 0 bridgehead atoms. The lowest BCUT2D eigenvalue weighted by Crippen LogP contribution is -2.11. The number of aryl methyl sites for hydroxylation is 1. The summed E-state index contributed by atoms with van der Waals surface area (Å²) in [5.41, 5.74) is 7.90. The molecule has 0 saturated heterocycles. The number of nitrogens with two attached hydrogens (primary N) is 1. The van der Waals surface area contributed by atoms with Crippen molar-refractivity contribution in [3.05, 3.63) is 24.0 Å². The molecule has 1 aromatic carbocycles. The third-order valence-electron chi connectivity index (χ3n) is 2.77. The predicted octanol–water partition coefficient (Wildman–Crippen LogP) is 2.38. The van der Waals surface area contributed by atoms with Gasteiger partial charge in [0, 0.05) is 13.1 Å². The molecule has 1 atom stereocenters. The molecule has 0 amide bonds. The van der Waals surface area contributed by atoms with E-state index in [1.807, 2.05) is 36.7 Å². The molecule has 0 fully saturated rings. The Morgan fingerprint density at radius 2 is 2.24 bits per heavy atom. The zero-order valence-electron chi connectivity index (χ0n) is 10.6. The molecule has 0 radical (unpaired) electrons. The summed E-state index contributed by atoms with van der Waals surface area (Å²) in [6.07, 6.45) is 1.01. The summed E-state index contributed by atoms with van der Waals surface area (Å²) in [5, 5.41) is 0. The number of benzene rings is 1. The zero-order valence-corrected chi connectivity index (χ0v) is 10.6. The Hall–Kier alpha value is -1.55. The van der Waals surface area contributed by atoms with E-state index < -0.39 is 0 Å². The first kappa shape index (κ1) is 11.9. The predicted molar refractivity (Wildman–Crippen MR) is 69.1 cm³/mol. The van der Waals surface area contributed by atoms with E-state index in [2.05, 4.69) is 11.9 Å². The number of imidazole rings is 1. The van der Waals surface area contributed by atoms with Gasteiger partial charge in [0.2, 0.25) is 0 Å². The Bertz CT molecular complexity index is 517. The number of nitrogens with zero attached hydrogens (tertiary/aromatic N) is 2. The molecule has 4 nitrogen and oxygen atoms in total. The maximum atomic E-state index is 5.88. The van der Waals surface area contributed by atoms with Gasteiger partial charge in [0.25, 0.3) is 0 Å². The van der Waals surface area contributed by atoms with Crippen LogP contribution < -0.4 is 10.5 Å². The fraction of sp³-hybridized carbons (Fsp3) is 0.462. The minimum atomic E-state index is -0.0626. The third-order valence-corrected chi connectivity index (χ3v) is 2.77. The largest absolute Gasteiger partial charge is 0.494 e. The Kier molecular flexibility index (Phi) is 3.33. The quantitative estimate of drug-likeness (QED) is 0.882. The molecular formula is C13H19N3O. The smallest absolute Gasteiger partial charge is 0.126 e. The first-order valence-corrected chi connectivity index (χ1v) is 5.98. The van der Waals surface area contributed by atoms with E-state index in [4.69, 9.17) is 10.5 Å². The lowest BCUT2D eigenvalue weighted by molar-refractivity contribution is 0.318. The highest BCUT2D eigenvalue weighted by molar-refractivity contribution is 5.77. The van der Waals surface area contributed by atoms with Crippen LogP contribution in [0.25, 0.3) is 11.0 Å². The molecule has 92 valence electrons. The van der Waals surface area contributed by atoms with Crippen LogP contribution in [0.15, 0.2) is 18.2 Å². The normalized spacial score (nSPS) is 12.9. The maximum absolute atomic E-state index is 5.88. The summed E-state index contributed by atoms with van der Waals surface area (Å²) < 4.78 is 7.62. The number of fused-ring (bicyclic) bond motifs is 1. The van der Waals surface area contributed by atoms with Crippen molar-refractivity contribution in [3.8, 4) is 5.75 Å². The highest BCUT2D eigenvalue weighted by atomic mass is 16.5. The summed E-state index contributed by atoms with van der Waals surface area (Å²) in [5.74, 6) is 1.77. The van der Waals surface area contributed by atoms with Crippen molar-refractivity contribution in [2.45, 2.75) is 26.3 Å². The summed E-state index contributed by atoms with van der Waals surface area (Å²) in [6, 6.07) is 5.91. The van der Waals surface area contributed by atoms with Crippen LogP contribution in [0.5, 0.6) is 5.75 Å². The van der Waals surface area contributed by atoms with Gasteiger partial charge < -0.3 is 15.0 Å². The van der Waals surface area contributed by atoms with E-state index in [1.165, 1.54) is 0 Å². The van der Waals surface area contributed by atoms with Crippen LogP contribution in [-0.4, -0.2) is 16.2 Å². The first-order chi connectivity index (χ1) is 8.13. The lowest BCUT2D eigenvalue weighted by atomic mass is 10.3. The van der Waals surface area contributed by atoms with Crippen LogP contribution in [0.1, 0.15) is 32.1 Å². The molecule has 1 unspecified atom stereocenters. The van der Waals surface area contributed by atoms with Gasteiger partial charge in [-0.1, -0.05) is 6.92 Å². The van der Waals surface area contributed by atoms with Crippen LogP contribution in [0.4, 0.5) is 0 Å². The van der Waals surface area contributed by atoms with E-state index in [-0.39, 0.29) is 6.04 Å². The van der Waals surface area contributed by atoms with Gasteiger partial charge in [0.15, 0.2) is 0 Å². The van der Waals surface area contributed by atoms with Crippen molar-refractivity contribution >= 4 is 11.0 Å². The Morgan fingerprint density at radius 1 is 1.47 bits per heavy atom. The van der Waals surface area contributed by atoms with E-state index >= 15 is 0 Å². The van der Waals surface area contributed by atoms with Crippen molar-refractivity contribution < 1.29 is 4.74 Å². The Labute approximate surface area is 101 Å². The van der Waals surface area contributed by atoms with E-state index in [1.54, 1.807) is 0 Å². The van der Waals surface area contributed by atoms with Crippen molar-refractivity contribution in [2.24, 2.45) is 12.8 Å². The summed E-state index contributed by atoms with van der Waals surface area (Å²) in [6.45, 7) is 4.77. The highest BCUT2D eigenvalue weighted by Crippen LogP contribution is 2.23. The van der Waals surface area contributed by atoms with Gasteiger partial charge >= 0.3 is 0 Å². The Morgan fingerprint density at radius 3 is 2.88 bits per heavy atom. The standard InChI is InChI=1S/C13H19N3O/c1-4-7-17-10-5-6-12-11(8-10)15-13(9(2)14)16(12)3/h5-6,8-9H,4,7,14H2,1-3H3. The number of hydrogen-bond donors (Lipinski definition) is 1. The third kappa shape index (κ3) is 2.26. The SMILES string of the molecule is CCCOc1ccc2c(c1)nc(C(C)N)n2C. The molecule has 4 heteroatoms. The van der Waals surface area contributed by atoms with Gasteiger partial charge in [0.1, 0.15) is 11.6 Å². The molecule has 0 aliphatic carbocycles. The maximum Gasteiger partial charge on any atom is 0.126 e. The topological polar surface area (TPSA) is 53.1 Å². The molecule has 1 heterocycles. The van der Waals surface area contributed by atoms with Crippen LogP contribution >= 0.6 is 0 Å². The molecule has 0 saturated carbocycles. The van der Waals surface area contributed by atoms with Crippen LogP contribution in [-0.2, 0) is 7.05 Å². The number of rotatable bonds is 4. The molecule has 2 aromatic rings. The van der Waals surface area contributed by atoms with E-state index in [0.29, 0.717) is 0 Å². The molecular weight excluding hydrogens is 214 g/mol. The lowest BCUT2D eigenvalue weighted by Gasteiger charge is -2.05. The molecule has 0 aliphatic heterocycles. The number of ether oxygens (including phenoxy) is 1. The second-order valence-electron chi connectivity index (χ2n) is 4.32. The van der Waals surface area contributed by atoms with Crippen LogP contribution in [0, 0.1) is 0 Å². The fourth-order valence-electron chi connectivity index (χ4n) is 1.92. The molecule has 0 aliphatic rings. The van der Waals surface area contributed by atoms with Crippen LogP contribution in [0.3, 0.4) is 0 Å². The minimum absolute atomic E-state index is 0.0626. The molecule has 17 heavy (non-hydrogen) atoms. The fourth-order valence-corrected chi connectivity index (χ4v) is 1.92. The van der Waals surface area contributed by atoms with Crippen molar-refractivity contribution in [1.82, 2.24) is 9.55 Å². The van der Waals surface area contributed by atoms with E-state index in [9.17, 15) is 0 Å². The average molecular weight is 233 g/mol.